The van der Waals surface area contributed by atoms with Gasteiger partial charge in [-0.15, -0.1) is 0 Å². The van der Waals surface area contributed by atoms with Gasteiger partial charge in [-0.25, -0.2) is 4.98 Å². The van der Waals surface area contributed by atoms with Crippen LogP contribution in [0.3, 0.4) is 0 Å². The van der Waals surface area contributed by atoms with Crippen molar-refractivity contribution in [3.8, 4) is 11.5 Å². The van der Waals surface area contributed by atoms with Gasteiger partial charge in [-0.05, 0) is 62.3 Å². The Morgan fingerprint density at radius 2 is 2.06 bits per heavy atom. The summed E-state index contributed by atoms with van der Waals surface area (Å²) >= 11 is 0. The van der Waals surface area contributed by atoms with Crippen LogP contribution >= 0.6 is 0 Å². The van der Waals surface area contributed by atoms with Crippen LogP contribution in [0.25, 0.3) is 11.0 Å². The molecule has 0 unspecified atom stereocenters. The Labute approximate surface area is 203 Å². The third-order valence-electron chi connectivity index (χ3n) is 7.67. The lowest BCUT2D eigenvalue weighted by Gasteiger charge is -2.53. The molecule has 2 saturated heterocycles. The molecule has 3 aliphatic heterocycles. The Kier molecular flexibility index (Phi) is 5.53. The highest BCUT2D eigenvalue weighted by molar-refractivity contribution is 5.94. The molecule has 4 aliphatic rings. The minimum Gasteiger partial charge on any atom is -0.495 e. The fourth-order valence-electron chi connectivity index (χ4n) is 5.44. The van der Waals surface area contributed by atoms with E-state index in [4.69, 9.17) is 14.2 Å². The lowest BCUT2D eigenvalue weighted by molar-refractivity contribution is -0.165. The molecule has 35 heavy (non-hydrogen) atoms. The fraction of sp³-hybridized carbons (Fsp3) is 0.462. The lowest BCUT2D eigenvalue weighted by atomic mass is 9.69. The van der Waals surface area contributed by atoms with Crippen molar-refractivity contribution in [3.05, 3.63) is 47.9 Å². The van der Waals surface area contributed by atoms with Crippen LogP contribution < -0.4 is 20.1 Å². The van der Waals surface area contributed by atoms with Gasteiger partial charge in [-0.2, -0.15) is 0 Å². The molecule has 0 spiro atoms. The molecule has 3 fully saturated rings. The third kappa shape index (κ3) is 4.30. The third-order valence-corrected chi connectivity index (χ3v) is 7.67. The van der Waals surface area contributed by atoms with Gasteiger partial charge in [-0.1, -0.05) is 0 Å². The molecule has 3 aromatic rings. The molecule has 2 N–H and O–H groups in total. The van der Waals surface area contributed by atoms with Crippen LogP contribution in [0.4, 0.5) is 5.82 Å². The van der Waals surface area contributed by atoms with Crippen LogP contribution in [0.15, 0.2) is 36.7 Å². The number of nitrogens with zero attached hydrogens (tertiary/aromatic N) is 3. The molecule has 6 heterocycles. The zero-order valence-electron chi connectivity index (χ0n) is 19.8. The van der Waals surface area contributed by atoms with Crippen molar-refractivity contribution < 1.29 is 19.0 Å². The molecule has 9 heteroatoms. The largest absolute Gasteiger partial charge is 0.495 e. The average Bonchev–Trinajstić information content (AvgIpc) is 2.91. The predicted octanol–water partition coefficient (Wildman–Crippen LogP) is 3.17. The van der Waals surface area contributed by atoms with Gasteiger partial charge in [0, 0.05) is 24.3 Å². The number of aromatic nitrogens is 3. The Balaban J connectivity index is 1.07. The molecule has 1 amide bonds. The summed E-state index contributed by atoms with van der Waals surface area (Å²) in [6, 6.07) is 7.81. The number of ether oxygens (including phenoxy) is 3. The molecule has 9 nitrogen and oxygen atoms in total. The van der Waals surface area contributed by atoms with E-state index in [9.17, 15) is 4.79 Å². The molecule has 7 rings (SSSR count). The summed E-state index contributed by atoms with van der Waals surface area (Å²) in [4.78, 5) is 25.2. The maximum atomic E-state index is 11.6. The summed E-state index contributed by atoms with van der Waals surface area (Å²) in [5.74, 6) is 1.66. The van der Waals surface area contributed by atoms with Gasteiger partial charge in [-0.3, -0.25) is 14.8 Å². The minimum absolute atomic E-state index is 0.0272. The predicted molar refractivity (Wildman–Crippen MR) is 129 cm³/mol. The second-order valence-electron chi connectivity index (χ2n) is 9.80. The van der Waals surface area contributed by atoms with E-state index in [1.807, 2.05) is 24.4 Å². The number of anilines is 1. The number of pyridine rings is 3. The van der Waals surface area contributed by atoms with Gasteiger partial charge >= 0.3 is 0 Å². The number of nitrogens with one attached hydrogen (secondary N) is 2. The monoisotopic (exact) mass is 475 g/mol. The van der Waals surface area contributed by atoms with Gasteiger partial charge in [0.2, 0.25) is 0 Å². The number of carbonyl (C=O) groups is 1. The number of fused-ring (bicyclic) bond motifs is 5. The van der Waals surface area contributed by atoms with Gasteiger partial charge in [0.25, 0.3) is 5.91 Å². The van der Waals surface area contributed by atoms with Crippen molar-refractivity contribution in [2.45, 2.75) is 56.2 Å². The Hall–Kier alpha value is -3.30. The first-order chi connectivity index (χ1) is 17.1. The molecule has 2 bridgehead atoms. The van der Waals surface area contributed by atoms with E-state index in [0.717, 1.165) is 61.0 Å². The van der Waals surface area contributed by atoms with Crippen molar-refractivity contribution in [3.63, 3.8) is 0 Å². The van der Waals surface area contributed by atoms with E-state index in [1.54, 1.807) is 13.3 Å². The Morgan fingerprint density at radius 1 is 1.17 bits per heavy atom. The number of aryl methyl sites for hydroxylation is 1. The summed E-state index contributed by atoms with van der Waals surface area (Å²) in [6.45, 7) is 1.36. The first-order valence-electron chi connectivity index (χ1n) is 12.1. The molecular weight excluding hydrogens is 446 g/mol. The van der Waals surface area contributed by atoms with Crippen LogP contribution in [-0.2, 0) is 22.5 Å². The minimum atomic E-state index is -0.173. The fourth-order valence-corrected chi connectivity index (χ4v) is 5.44. The Morgan fingerprint density at radius 3 is 2.86 bits per heavy atom. The molecule has 1 aliphatic carbocycles. The van der Waals surface area contributed by atoms with Crippen LogP contribution in [0, 0.1) is 0 Å². The lowest BCUT2D eigenvalue weighted by Crippen LogP contribution is -2.61. The van der Waals surface area contributed by atoms with Crippen LogP contribution in [0.1, 0.15) is 43.4 Å². The second-order valence-corrected chi connectivity index (χ2v) is 9.80. The average molecular weight is 476 g/mol. The van der Waals surface area contributed by atoms with Crippen molar-refractivity contribution >= 4 is 22.8 Å². The molecule has 0 aromatic carbocycles. The van der Waals surface area contributed by atoms with Crippen molar-refractivity contribution in [1.82, 2.24) is 20.3 Å². The number of amides is 1. The highest BCUT2D eigenvalue weighted by Crippen LogP contribution is 2.46. The normalized spacial score (nSPS) is 25.1. The van der Waals surface area contributed by atoms with Crippen molar-refractivity contribution in [1.29, 1.82) is 0 Å². The maximum absolute atomic E-state index is 11.6. The molecule has 0 atom stereocenters. The molecule has 3 aromatic heterocycles. The first-order valence-corrected chi connectivity index (χ1v) is 12.1. The molecule has 182 valence electrons. The van der Waals surface area contributed by atoms with E-state index in [1.165, 1.54) is 5.56 Å². The maximum Gasteiger partial charge on any atom is 0.263 e. The Bertz CT molecular complexity index is 1260. The number of carbonyl (C=O) groups excluding carboxylic acids is 1. The topological polar surface area (TPSA) is 107 Å². The molecule has 1 saturated carbocycles. The van der Waals surface area contributed by atoms with Gasteiger partial charge in [0.1, 0.15) is 5.75 Å². The summed E-state index contributed by atoms with van der Waals surface area (Å²) in [5, 5.41) is 6.49. The van der Waals surface area contributed by atoms with E-state index in [-0.39, 0.29) is 23.7 Å². The summed E-state index contributed by atoms with van der Waals surface area (Å²) in [7, 11) is 1.64. The zero-order valence-corrected chi connectivity index (χ0v) is 19.8. The summed E-state index contributed by atoms with van der Waals surface area (Å²) in [6.07, 6.45) is 9.70. The molecular formula is C26H29N5O4. The van der Waals surface area contributed by atoms with Gasteiger partial charge in [0.05, 0.1) is 42.2 Å². The van der Waals surface area contributed by atoms with E-state index >= 15 is 0 Å². The van der Waals surface area contributed by atoms with Crippen molar-refractivity contribution in [2.24, 2.45) is 0 Å². The van der Waals surface area contributed by atoms with E-state index in [2.05, 4.69) is 31.7 Å². The number of hydrogen-bond donors (Lipinski definition) is 2. The van der Waals surface area contributed by atoms with Crippen LogP contribution in [-0.4, -0.2) is 52.3 Å². The zero-order chi connectivity index (χ0) is 23.9. The van der Waals surface area contributed by atoms with Crippen LogP contribution in [0.2, 0.25) is 0 Å². The summed E-state index contributed by atoms with van der Waals surface area (Å²) in [5.41, 5.74) is 3.77. The molecule has 0 radical (unpaired) electrons. The van der Waals surface area contributed by atoms with Gasteiger partial charge < -0.3 is 24.8 Å². The number of rotatable bonds is 7. The van der Waals surface area contributed by atoms with E-state index < -0.39 is 0 Å². The highest BCUT2D eigenvalue weighted by Gasteiger charge is 2.49. The first kappa shape index (κ1) is 22.2. The van der Waals surface area contributed by atoms with Crippen molar-refractivity contribution in [2.75, 3.05) is 25.6 Å². The standard InChI is InChI=1S/C26H29N5O4/c1-33-19-12-20-23(28-14-19)17(5-11-27-20)4-6-26-9-7-25(8-10-26,16-35-26)29-13-18-2-3-21-24(30-18)31-22(32)15-34-21/h2-3,5,11-12,14,29H,4,6-10,13,15-16H2,1H3,(H,30,31,32). The SMILES string of the molecule is COc1cnc2c(CCC34CCC(NCc5ccc6c(n5)NC(=O)CO6)(CC3)CO4)ccnc2c1. The smallest absolute Gasteiger partial charge is 0.263 e. The van der Waals surface area contributed by atoms with E-state index in [0.29, 0.717) is 24.7 Å². The summed E-state index contributed by atoms with van der Waals surface area (Å²) < 4.78 is 17.2. The number of hydrogen-bond acceptors (Lipinski definition) is 8. The number of methoxy groups -OCH3 is 1. The highest BCUT2D eigenvalue weighted by atomic mass is 16.5. The quantitative estimate of drug-likeness (QED) is 0.537. The van der Waals surface area contributed by atoms with Gasteiger partial charge in [0.15, 0.2) is 18.2 Å². The van der Waals surface area contributed by atoms with Crippen LogP contribution in [0.5, 0.6) is 11.5 Å². The second kappa shape index (κ2) is 8.73.